The van der Waals surface area contributed by atoms with Crippen LogP contribution in [0.15, 0.2) is 16.4 Å². The van der Waals surface area contributed by atoms with Crippen molar-refractivity contribution in [1.29, 1.82) is 0 Å². The van der Waals surface area contributed by atoms with E-state index >= 15 is 0 Å². The molecule has 0 bridgehead atoms. The van der Waals surface area contributed by atoms with Crippen LogP contribution in [0, 0.1) is 5.92 Å². The van der Waals surface area contributed by atoms with Crippen molar-refractivity contribution < 1.29 is 23.7 Å². The molecule has 23 heavy (non-hydrogen) atoms. The highest BCUT2D eigenvalue weighted by Crippen LogP contribution is 2.33. The largest absolute Gasteiger partial charge is 0.477 e. The fourth-order valence-corrected chi connectivity index (χ4v) is 4.91. The molecule has 0 spiro atoms. The first-order valence-electron chi connectivity index (χ1n) is 7.84. The number of β-lactam (4-membered cyclic amide) rings is 1. The van der Waals surface area contributed by atoms with Crippen LogP contribution < -0.4 is 0 Å². The summed E-state index contributed by atoms with van der Waals surface area (Å²) in [5.41, 5.74) is 0.443. The molecule has 3 rings (SSSR count). The van der Waals surface area contributed by atoms with E-state index in [1.54, 1.807) is 6.92 Å². The molecule has 7 nitrogen and oxygen atoms in total. The van der Waals surface area contributed by atoms with Crippen LogP contribution in [-0.4, -0.2) is 49.5 Å². The fourth-order valence-electron chi connectivity index (χ4n) is 3.35. The molecule has 2 atom stereocenters. The summed E-state index contributed by atoms with van der Waals surface area (Å²) in [6.45, 7) is 2.04. The monoisotopic (exact) mass is 340 g/mol. The Labute approximate surface area is 136 Å². The average Bonchev–Trinajstić information content (AvgIpc) is 2.52. The van der Waals surface area contributed by atoms with Gasteiger partial charge in [-0.1, -0.05) is 24.4 Å². The highest BCUT2D eigenvalue weighted by Gasteiger charge is 2.54. The molecular weight excluding hydrogens is 320 g/mol. The number of carboxylic acids is 1. The number of rotatable bonds is 4. The standard InChI is InChI=1S/C15H20N2O5S/c1-9-8-23(21)14-11(13(18)17(14)12(9)15(19)20)16-22-7-10-5-3-2-4-6-10/h10,14H,2-8H2,1H3,(H,19,20)/b16-11+/t14-,23?/m1/s1. The van der Waals surface area contributed by atoms with Crippen molar-refractivity contribution in [3.63, 3.8) is 0 Å². The van der Waals surface area contributed by atoms with Gasteiger partial charge in [0, 0.05) is 5.75 Å². The molecule has 126 valence electrons. The Hall–Kier alpha value is -1.70. The SMILES string of the molecule is CC1=C(C(=O)O)N2C(=O)/C(=N\OCC3CCCCC3)[C@H]2S(=O)C1. The Bertz CT molecular complexity index is 621. The Kier molecular flexibility index (Phi) is 4.52. The molecule has 1 amide bonds. The molecule has 0 aromatic rings. The van der Waals surface area contributed by atoms with Crippen molar-refractivity contribution >= 4 is 28.4 Å². The molecule has 1 unspecified atom stereocenters. The molecule has 0 aromatic heterocycles. The highest BCUT2D eigenvalue weighted by molar-refractivity contribution is 7.87. The van der Waals surface area contributed by atoms with Crippen LogP contribution in [0.5, 0.6) is 0 Å². The number of hydrogen-bond donors (Lipinski definition) is 1. The summed E-state index contributed by atoms with van der Waals surface area (Å²) in [6, 6.07) is 0. The zero-order valence-corrected chi connectivity index (χ0v) is 13.8. The topological polar surface area (TPSA) is 96.3 Å². The number of aliphatic carboxylic acids is 1. The lowest BCUT2D eigenvalue weighted by Crippen LogP contribution is -2.66. The third-order valence-corrected chi connectivity index (χ3v) is 6.21. The smallest absolute Gasteiger partial charge is 0.352 e. The molecule has 1 saturated heterocycles. The first-order chi connectivity index (χ1) is 11.0. The van der Waals surface area contributed by atoms with Crippen LogP contribution in [0.25, 0.3) is 0 Å². The summed E-state index contributed by atoms with van der Waals surface area (Å²) >= 11 is 0. The average molecular weight is 340 g/mol. The van der Waals surface area contributed by atoms with Crippen molar-refractivity contribution in [2.45, 2.75) is 44.4 Å². The van der Waals surface area contributed by atoms with E-state index in [9.17, 15) is 18.9 Å². The van der Waals surface area contributed by atoms with Gasteiger partial charge in [0.2, 0.25) is 0 Å². The number of carbonyl (C=O) groups is 2. The van der Waals surface area contributed by atoms with Crippen LogP contribution in [0.3, 0.4) is 0 Å². The van der Waals surface area contributed by atoms with Crippen LogP contribution in [0.4, 0.5) is 0 Å². The van der Waals surface area contributed by atoms with Crippen LogP contribution in [0.2, 0.25) is 0 Å². The minimum atomic E-state index is -1.38. The molecule has 8 heteroatoms. The van der Waals surface area contributed by atoms with Gasteiger partial charge in [-0.3, -0.25) is 13.9 Å². The van der Waals surface area contributed by atoms with E-state index in [1.807, 2.05) is 0 Å². The summed E-state index contributed by atoms with van der Waals surface area (Å²) in [4.78, 5) is 29.9. The van der Waals surface area contributed by atoms with Gasteiger partial charge < -0.3 is 9.94 Å². The van der Waals surface area contributed by atoms with Gasteiger partial charge in [-0.15, -0.1) is 0 Å². The summed E-state index contributed by atoms with van der Waals surface area (Å²) in [5.74, 6) is -1.12. The molecule has 1 aliphatic carbocycles. The van der Waals surface area contributed by atoms with E-state index in [2.05, 4.69) is 5.16 Å². The van der Waals surface area contributed by atoms with Crippen molar-refractivity contribution in [2.75, 3.05) is 12.4 Å². The van der Waals surface area contributed by atoms with Gasteiger partial charge in [-0.25, -0.2) is 4.79 Å². The number of oxime groups is 1. The van der Waals surface area contributed by atoms with Crippen molar-refractivity contribution in [3.8, 4) is 0 Å². The van der Waals surface area contributed by atoms with E-state index < -0.39 is 28.0 Å². The maximum Gasteiger partial charge on any atom is 0.352 e. The Balaban J connectivity index is 1.69. The van der Waals surface area contributed by atoms with E-state index in [4.69, 9.17) is 4.84 Å². The predicted octanol–water partition coefficient (Wildman–Crippen LogP) is 1.23. The minimum absolute atomic E-state index is 0.0744. The third kappa shape index (κ3) is 2.91. The van der Waals surface area contributed by atoms with Crippen LogP contribution in [0.1, 0.15) is 39.0 Å². The van der Waals surface area contributed by atoms with Crippen LogP contribution in [-0.2, 0) is 25.2 Å². The zero-order chi connectivity index (χ0) is 16.6. The second kappa shape index (κ2) is 6.43. The summed E-state index contributed by atoms with van der Waals surface area (Å²) in [5, 5.41) is 12.3. The summed E-state index contributed by atoms with van der Waals surface area (Å²) in [6.07, 6.45) is 5.84. The molecular formula is C15H20N2O5S. The summed E-state index contributed by atoms with van der Waals surface area (Å²) < 4.78 is 12.2. The Morgan fingerprint density at radius 2 is 2.09 bits per heavy atom. The van der Waals surface area contributed by atoms with E-state index in [-0.39, 0.29) is 17.2 Å². The van der Waals surface area contributed by atoms with Crippen molar-refractivity contribution in [2.24, 2.45) is 11.1 Å². The highest BCUT2D eigenvalue weighted by atomic mass is 32.2. The quantitative estimate of drug-likeness (QED) is 0.613. The molecule has 1 N–H and O–H groups in total. The molecule has 3 aliphatic rings. The fraction of sp³-hybridized carbons (Fsp3) is 0.667. The van der Waals surface area contributed by atoms with Gasteiger partial charge in [-0.2, -0.15) is 0 Å². The number of carbonyl (C=O) groups excluding carboxylic acids is 1. The molecule has 2 aliphatic heterocycles. The Morgan fingerprint density at radius 3 is 2.74 bits per heavy atom. The maximum atomic E-state index is 12.2. The van der Waals surface area contributed by atoms with E-state index in [0.717, 1.165) is 17.7 Å². The minimum Gasteiger partial charge on any atom is -0.477 e. The van der Waals surface area contributed by atoms with Gasteiger partial charge in [-0.05, 0) is 31.3 Å². The lowest BCUT2D eigenvalue weighted by Gasteiger charge is -2.43. The first-order valence-corrected chi connectivity index (χ1v) is 9.22. The number of nitrogens with zero attached hydrogens (tertiary/aromatic N) is 2. The molecule has 1 saturated carbocycles. The zero-order valence-electron chi connectivity index (χ0n) is 13.0. The Morgan fingerprint density at radius 1 is 1.39 bits per heavy atom. The number of fused-ring (bicyclic) bond motifs is 1. The molecule has 0 radical (unpaired) electrons. The molecule has 2 heterocycles. The van der Waals surface area contributed by atoms with Gasteiger partial charge in [0.15, 0.2) is 11.1 Å². The van der Waals surface area contributed by atoms with Gasteiger partial charge in [0.05, 0.1) is 10.8 Å². The second-order valence-electron chi connectivity index (χ2n) is 6.26. The molecule has 2 fully saturated rings. The predicted molar refractivity (Wildman–Crippen MR) is 83.9 cm³/mol. The summed E-state index contributed by atoms with van der Waals surface area (Å²) in [7, 11) is -1.38. The van der Waals surface area contributed by atoms with Crippen molar-refractivity contribution in [3.05, 3.63) is 11.3 Å². The first kappa shape index (κ1) is 16.2. The number of amides is 1. The van der Waals surface area contributed by atoms with Crippen LogP contribution >= 0.6 is 0 Å². The van der Waals surface area contributed by atoms with Gasteiger partial charge >= 0.3 is 5.97 Å². The normalized spacial score (nSPS) is 30.2. The number of hydrogen-bond acceptors (Lipinski definition) is 5. The van der Waals surface area contributed by atoms with Gasteiger partial charge in [0.1, 0.15) is 12.3 Å². The lowest BCUT2D eigenvalue weighted by molar-refractivity contribution is -0.139. The second-order valence-corrected chi connectivity index (χ2v) is 7.76. The third-order valence-electron chi connectivity index (χ3n) is 4.56. The van der Waals surface area contributed by atoms with E-state index in [0.29, 0.717) is 18.1 Å². The van der Waals surface area contributed by atoms with Crippen molar-refractivity contribution in [1.82, 2.24) is 4.90 Å². The molecule has 0 aromatic carbocycles. The lowest BCUT2D eigenvalue weighted by atomic mass is 9.90. The maximum absolute atomic E-state index is 12.2. The van der Waals surface area contributed by atoms with Gasteiger partial charge in [0.25, 0.3) is 5.91 Å². The van der Waals surface area contributed by atoms with E-state index in [1.165, 1.54) is 19.3 Å². The number of carboxylic acid groups (broad SMARTS) is 1.